The maximum atomic E-state index is 12.2. The predicted octanol–water partition coefficient (Wildman–Crippen LogP) is 9.34. The molecule has 0 fully saturated rings. The molecule has 0 saturated carbocycles. The Morgan fingerprint density at radius 3 is 1.53 bits per heavy atom. The zero-order chi connectivity index (χ0) is 27.9. The molecular weight excluding hydrogens is 470 g/mol. The number of nitrogens with one attached hydrogen (secondary N) is 1. The van der Waals surface area contributed by atoms with Gasteiger partial charge < -0.3 is 15.5 Å². The number of amides is 1. The van der Waals surface area contributed by atoms with Crippen LogP contribution in [0.1, 0.15) is 168 Å². The van der Waals surface area contributed by atoms with Gasteiger partial charge in [0.25, 0.3) is 0 Å². The number of aliphatic hydroxyl groups is 2. The zero-order valence-electron chi connectivity index (χ0n) is 25.4. The van der Waals surface area contributed by atoms with Crippen molar-refractivity contribution in [3.05, 3.63) is 24.3 Å². The normalized spacial score (nSPS) is 13.5. The van der Waals surface area contributed by atoms with Gasteiger partial charge in [0.15, 0.2) is 0 Å². The summed E-state index contributed by atoms with van der Waals surface area (Å²) in [5.74, 6) is -0.0760. The van der Waals surface area contributed by atoms with Crippen molar-refractivity contribution in [1.82, 2.24) is 5.32 Å². The summed E-state index contributed by atoms with van der Waals surface area (Å²) in [6, 6.07) is -0.631. The highest BCUT2D eigenvalue weighted by atomic mass is 16.3. The molecule has 0 saturated heterocycles. The van der Waals surface area contributed by atoms with Gasteiger partial charge in [-0.05, 0) is 32.1 Å². The summed E-state index contributed by atoms with van der Waals surface area (Å²) in [5, 5.41) is 22.8. The Balaban J connectivity index is 3.70. The second-order valence-electron chi connectivity index (χ2n) is 11.2. The minimum absolute atomic E-state index is 0.0760. The van der Waals surface area contributed by atoms with E-state index < -0.39 is 12.1 Å². The van der Waals surface area contributed by atoms with Gasteiger partial charge in [0.05, 0.1) is 18.8 Å². The summed E-state index contributed by atoms with van der Waals surface area (Å²) in [6.07, 6.45) is 36.8. The van der Waals surface area contributed by atoms with E-state index in [-0.39, 0.29) is 12.5 Å². The van der Waals surface area contributed by atoms with Crippen LogP contribution < -0.4 is 5.32 Å². The number of hydrogen-bond donors (Lipinski definition) is 3. The SMILES string of the molecule is CCCCCCCCC/C=C\CC/C=C\C(O)C(CO)NC(=O)CCCCCCCCCCCCCCC. The third kappa shape index (κ3) is 26.5. The van der Waals surface area contributed by atoms with Crippen molar-refractivity contribution in [2.24, 2.45) is 0 Å². The molecule has 0 heterocycles. The van der Waals surface area contributed by atoms with Gasteiger partial charge in [0.2, 0.25) is 5.91 Å². The molecule has 0 aliphatic rings. The van der Waals surface area contributed by atoms with Crippen LogP contribution in [0.4, 0.5) is 0 Å². The van der Waals surface area contributed by atoms with Gasteiger partial charge in [-0.2, -0.15) is 0 Å². The largest absolute Gasteiger partial charge is 0.394 e. The molecule has 3 N–H and O–H groups in total. The van der Waals surface area contributed by atoms with Crippen molar-refractivity contribution in [2.75, 3.05) is 6.61 Å². The Labute approximate surface area is 237 Å². The average Bonchev–Trinajstić information content (AvgIpc) is 2.92. The smallest absolute Gasteiger partial charge is 0.220 e. The van der Waals surface area contributed by atoms with E-state index in [1.807, 2.05) is 6.08 Å². The molecule has 0 rings (SSSR count). The maximum Gasteiger partial charge on any atom is 0.220 e. The van der Waals surface area contributed by atoms with Crippen molar-refractivity contribution in [3.8, 4) is 0 Å². The highest BCUT2D eigenvalue weighted by Crippen LogP contribution is 2.13. The van der Waals surface area contributed by atoms with E-state index in [0.717, 1.165) is 32.1 Å². The van der Waals surface area contributed by atoms with E-state index in [1.54, 1.807) is 6.08 Å². The maximum absolute atomic E-state index is 12.2. The average molecular weight is 536 g/mol. The molecule has 0 aromatic heterocycles. The molecule has 0 bridgehead atoms. The lowest BCUT2D eigenvalue weighted by molar-refractivity contribution is -0.123. The first-order valence-electron chi connectivity index (χ1n) is 16.6. The number of allylic oxidation sites excluding steroid dienone is 3. The van der Waals surface area contributed by atoms with Gasteiger partial charge in [0.1, 0.15) is 0 Å². The van der Waals surface area contributed by atoms with E-state index >= 15 is 0 Å². The number of aliphatic hydroxyl groups excluding tert-OH is 2. The van der Waals surface area contributed by atoms with Gasteiger partial charge in [-0.3, -0.25) is 4.79 Å². The first-order valence-corrected chi connectivity index (χ1v) is 16.6. The first-order chi connectivity index (χ1) is 18.7. The van der Waals surface area contributed by atoms with E-state index in [2.05, 4.69) is 31.3 Å². The molecular formula is C34H65NO3. The van der Waals surface area contributed by atoms with Crippen LogP contribution in [0, 0.1) is 0 Å². The lowest BCUT2D eigenvalue weighted by atomic mass is 10.0. The van der Waals surface area contributed by atoms with E-state index in [9.17, 15) is 15.0 Å². The molecule has 2 atom stereocenters. The number of rotatable bonds is 29. The quantitative estimate of drug-likeness (QED) is 0.0660. The second-order valence-corrected chi connectivity index (χ2v) is 11.2. The van der Waals surface area contributed by atoms with Crippen molar-refractivity contribution in [2.45, 2.75) is 180 Å². The summed E-state index contributed by atoms with van der Waals surface area (Å²) in [6.45, 7) is 4.26. The van der Waals surface area contributed by atoms with Crippen LogP contribution in [0.3, 0.4) is 0 Å². The number of hydrogen-bond acceptors (Lipinski definition) is 3. The molecule has 4 heteroatoms. The molecule has 38 heavy (non-hydrogen) atoms. The van der Waals surface area contributed by atoms with E-state index in [0.29, 0.717) is 6.42 Å². The summed E-state index contributed by atoms with van der Waals surface area (Å²) < 4.78 is 0. The minimum atomic E-state index is -0.854. The molecule has 4 nitrogen and oxygen atoms in total. The number of carbonyl (C=O) groups is 1. The lowest BCUT2D eigenvalue weighted by Gasteiger charge is -2.19. The fourth-order valence-corrected chi connectivity index (χ4v) is 4.84. The third-order valence-electron chi connectivity index (χ3n) is 7.44. The lowest BCUT2D eigenvalue weighted by Crippen LogP contribution is -2.45. The van der Waals surface area contributed by atoms with Crippen LogP contribution in [0.25, 0.3) is 0 Å². The summed E-state index contributed by atoms with van der Waals surface area (Å²) in [4.78, 5) is 12.2. The Morgan fingerprint density at radius 2 is 1.03 bits per heavy atom. The van der Waals surface area contributed by atoms with E-state index in [4.69, 9.17) is 0 Å². The van der Waals surface area contributed by atoms with Crippen molar-refractivity contribution in [1.29, 1.82) is 0 Å². The standard InChI is InChI=1S/C34H65NO3/c1-3-5-7-9-11-13-15-17-19-21-23-25-27-29-33(37)32(31-36)35-34(38)30-28-26-24-22-20-18-16-14-12-10-8-6-4-2/h19,21,27,29,32-33,36-37H,3-18,20,22-26,28,30-31H2,1-2H3,(H,35,38)/b21-19-,29-27-. The molecule has 0 aromatic rings. The van der Waals surface area contributed by atoms with Crippen LogP contribution >= 0.6 is 0 Å². The van der Waals surface area contributed by atoms with Crippen molar-refractivity contribution >= 4 is 5.91 Å². The Hall–Kier alpha value is -1.13. The van der Waals surface area contributed by atoms with Gasteiger partial charge in [0, 0.05) is 6.42 Å². The van der Waals surface area contributed by atoms with Gasteiger partial charge in [-0.15, -0.1) is 0 Å². The predicted molar refractivity (Wildman–Crippen MR) is 165 cm³/mol. The van der Waals surface area contributed by atoms with Crippen molar-refractivity contribution in [3.63, 3.8) is 0 Å². The van der Waals surface area contributed by atoms with Crippen LogP contribution in [0.2, 0.25) is 0 Å². The monoisotopic (exact) mass is 535 g/mol. The van der Waals surface area contributed by atoms with E-state index in [1.165, 1.54) is 116 Å². The Bertz CT molecular complexity index is 546. The highest BCUT2D eigenvalue weighted by Gasteiger charge is 2.17. The minimum Gasteiger partial charge on any atom is -0.394 e. The number of carbonyl (C=O) groups excluding carboxylic acids is 1. The topological polar surface area (TPSA) is 69.6 Å². The molecule has 224 valence electrons. The van der Waals surface area contributed by atoms with Crippen LogP contribution in [0.15, 0.2) is 24.3 Å². The van der Waals surface area contributed by atoms with Crippen LogP contribution in [-0.2, 0) is 4.79 Å². The Kier molecular flexibility index (Phi) is 29.5. The fraction of sp³-hybridized carbons (Fsp3) is 0.853. The second kappa shape index (κ2) is 30.4. The summed E-state index contributed by atoms with van der Waals surface area (Å²) in [7, 11) is 0. The molecule has 1 amide bonds. The van der Waals surface area contributed by atoms with Crippen LogP contribution in [0.5, 0.6) is 0 Å². The van der Waals surface area contributed by atoms with Gasteiger partial charge in [-0.25, -0.2) is 0 Å². The fourth-order valence-electron chi connectivity index (χ4n) is 4.84. The van der Waals surface area contributed by atoms with Crippen LogP contribution in [-0.4, -0.2) is 34.9 Å². The molecule has 2 unspecified atom stereocenters. The molecule has 0 radical (unpaired) electrons. The number of unbranched alkanes of at least 4 members (excludes halogenated alkanes) is 20. The summed E-state index contributed by atoms with van der Waals surface area (Å²) >= 11 is 0. The molecule has 0 aliphatic heterocycles. The molecule has 0 aromatic carbocycles. The highest BCUT2D eigenvalue weighted by molar-refractivity contribution is 5.76. The molecule has 0 spiro atoms. The summed E-state index contributed by atoms with van der Waals surface area (Å²) in [5.41, 5.74) is 0. The molecule has 0 aliphatic carbocycles. The Morgan fingerprint density at radius 1 is 0.605 bits per heavy atom. The zero-order valence-corrected chi connectivity index (χ0v) is 25.4. The van der Waals surface area contributed by atoms with Gasteiger partial charge in [-0.1, -0.05) is 154 Å². The van der Waals surface area contributed by atoms with Gasteiger partial charge >= 0.3 is 0 Å². The first kappa shape index (κ1) is 36.9. The van der Waals surface area contributed by atoms with Crippen molar-refractivity contribution < 1.29 is 15.0 Å². The third-order valence-corrected chi connectivity index (χ3v) is 7.44.